The van der Waals surface area contributed by atoms with Gasteiger partial charge in [0.25, 0.3) is 0 Å². The molecule has 3 aliphatic rings. The van der Waals surface area contributed by atoms with Gasteiger partial charge in [0.05, 0.1) is 5.54 Å². The molecular formula is C17H25F6N3O5. The molecule has 1 atom stereocenters. The smallest absolute Gasteiger partial charge is 0.475 e. The Morgan fingerprint density at radius 1 is 1.06 bits per heavy atom. The van der Waals surface area contributed by atoms with Crippen molar-refractivity contribution in [1.82, 2.24) is 15.5 Å². The van der Waals surface area contributed by atoms with Crippen molar-refractivity contribution >= 4 is 17.8 Å². The second-order valence-corrected chi connectivity index (χ2v) is 7.64. The molecule has 2 saturated heterocycles. The molecule has 0 aromatic heterocycles. The Balaban J connectivity index is 0.000000288. The average molecular weight is 465 g/mol. The van der Waals surface area contributed by atoms with E-state index in [0.717, 1.165) is 44.9 Å². The molecule has 0 bridgehead atoms. The van der Waals surface area contributed by atoms with E-state index in [9.17, 15) is 31.1 Å². The van der Waals surface area contributed by atoms with Crippen LogP contribution in [-0.4, -0.2) is 83.6 Å². The minimum absolute atomic E-state index is 0.0146. The highest BCUT2D eigenvalue weighted by Crippen LogP contribution is 2.31. The number of carboxylic acids is 2. The Labute approximate surface area is 173 Å². The molecule has 180 valence electrons. The molecule has 1 unspecified atom stereocenters. The summed E-state index contributed by atoms with van der Waals surface area (Å²) in [5.74, 6) is -4.34. The highest BCUT2D eigenvalue weighted by molar-refractivity contribution is 5.77. The van der Waals surface area contributed by atoms with Gasteiger partial charge in [-0.05, 0) is 31.6 Å². The molecule has 3 rings (SSSR count). The molecule has 2 heterocycles. The molecule has 4 N–H and O–H groups in total. The van der Waals surface area contributed by atoms with Crippen molar-refractivity contribution in [2.24, 2.45) is 5.92 Å². The number of aliphatic carboxylic acids is 2. The van der Waals surface area contributed by atoms with Gasteiger partial charge in [0.15, 0.2) is 0 Å². The van der Waals surface area contributed by atoms with E-state index in [4.69, 9.17) is 19.8 Å². The van der Waals surface area contributed by atoms with Crippen molar-refractivity contribution in [3.63, 3.8) is 0 Å². The number of amides is 1. The highest BCUT2D eigenvalue weighted by Gasteiger charge is 2.40. The number of hydrogen-bond acceptors (Lipinski definition) is 5. The van der Waals surface area contributed by atoms with Crippen LogP contribution in [0.2, 0.25) is 0 Å². The van der Waals surface area contributed by atoms with Crippen molar-refractivity contribution < 1.29 is 50.9 Å². The minimum atomic E-state index is -5.08. The van der Waals surface area contributed by atoms with Crippen LogP contribution in [-0.2, 0) is 14.4 Å². The standard InChI is InChI=1S/C13H23N3O.2C2HF3O2/c17-12-2-1-5-13(15-12)9-14-6-7-16(10-13)8-11-3-4-11;2*3-2(4,5)1(6)7/h11,14H,1-10H2,(H,15,17);2*(H,6,7). The molecule has 3 fully saturated rings. The van der Waals surface area contributed by atoms with Crippen LogP contribution >= 0.6 is 0 Å². The SMILES string of the molecule is O=C(O)C(F)(F)F.O=C(O)C(F)(F)F.O=C1CCCC2(CNCCN(CC3CC3)C2)N1. The summed E-state index contributed by atoms with van der Waals surface area (Å²) in [6.45, 7) is 5.42. The maximum Gasteiger partial charge on any atom is 0.490 e. The Morgan fingerprint density at radius 2 is 1.58 bits per heavy atom. The number of halogens is 6. The lowest BCUT2D eigenvalue weighted by Gasteiger charge is -2.39. The maximum absolute atomic E-state index is 11.6. The van der Waals surface area contributed by atoms with Crippen LogP contribution < -0.4 is 10.6 Å². The van der Waals surface area contributed by atoms with Crippen molar-refractivity contribution in [3.8, 4) is 0 Å². The van der Waals surface area contributed by atoms with Crippen LogP contribution in [0.4, 0.5) is 26.3 Å². The zero-order valence-electron chi connectivity index (χ0n) is 16.5. The van der Waals surface area contributed by atoms with Gasteiger partial charge in [-0.15, -0.1) is 0 Å². The number of nitrogens with one attached hydrogen (secondary N) is 2. The first-order valence-electron chi connectivity index (χ1n) is 9.49. The number of rotatable bonds is 2. The van der Waals surface area contributed by atoms with E-state index in [1.165, 1.54) is 19.4 Å². The minimum Gasteiger partial charge on any atom is -0.475 e. The molecule has 0 aromatic rings. The molecule has 14 heteroatoms. The van der Waals surface area contributed by atoms with Crippen LogP contribution in [0.3, 0.4) is 0 Å². The van der Waals surface area contributed by atoms with Crippen LogP contribution in [0.5, 0.6) is 0 Å². The van der Waals surface area contributed by atoms with Gasteiger partial charge in [-0.25, -0.2) is 9.59 Å². The molecule has 8 nitrogen and oxygen atoms in total. The van der Waals surface area contributed by atoms with Crippen molar-refractivity contribution in [3.05, 3.63) is 0 Å². The lowest BCUT2D eigenvalue weighted by atomic mass is 9.88. The summed E-state index contributed by atoms with van der Waals surface area (Å²) in [6, 6.07) is 0. The lowest BCUT2D eigenvalue weighted by Crippen LogP contribution is -2.60. The molecular weight excluding hydrogens is 440 g/mol. The third-order valence-corrected chi connectivity index (χ3v) is 4.76. The van der Waals surface area contributed by atoms with Crippen LogP contribution in [0.25, 0.3) is 0 Å². The molecule has 31 heavy (non-hydrogen) atoms. The third-order valence-electron chi connectivity index (χ3n) is 4.76. The van der Waals surface area contributed by atoms with E-state index in [0.29, 0.717) is 6.42 Å². The Bertz CT molecular complexity index is 615. The molecule has 1 amide bonds. The third kappa shape index (κ3) is 10.7. The first-order valence-corrected chi connectivity index (χ1v) is 9.49. The summed E-state index contributed by atoms with van der Waals surface area (Å²) >= 11 is 0. The Morgan fingerprint density at radius 3 is 2.00 bits per heavy atom. The lowest BCUT2D eigenvalue weighted by molar-refractivity contribution is -0.193. The molecule has 1 spiro atoms. The fourth-order valence-corrected chi connectivity index (χ4v) is 3.21. The Kier molecular flexibility index (Phi) is 9.54. The summed E-state index contributed by atoms with van der Waals surface area (Å²) in [5.41, 5.74) is 0.0146. The van der Waals surface area contributed by atoms with E-state index < -0.39 is 24.3 Å². The highest BCUT2D eigenvalue weighted by atomic mass is 19.4. The summed E-state index contributed by atoms with van der Waals surface area (Å²) in [5, 5.41) is 21.0. The predicted molar refractivity (Wildman–Crippen MR) is 94.1 cm³/mol. The van der Waals surface area contributed by atoms with Crippen LogP contribution in [0, 0.1) is 5.92 Å². The Hall–Kier alpha value is -2.09. The van der Waals surface area contributed by atoms with Crippen LogP contribution in [0.1, 0.15) is 32.1 Å². The van der Waals surface area contributed by atoms with Gasteiger partial charge in [0.1, 0.15) is 0 Å². The van der Waals surface area contributed by atoms with Gasteiger partial charge in [-0.1, -0.05) is 0 Å². The zero-order chi connectivity index (χ0) is 23.9. The maximum atomic E-state index is 11.6. The topological polar surface area (TPSA) is 119 Å². The van der Waals surface area contributed by atoms with E-state index in [1.54, 1.807) is 0 Å². The van der Waals surface area contributed by atoms with E-state index in [-0.39, 0.29) is 11.4 Å². The van der Waals surface area contributed by atoms with Gasteiger partial charge < -0.3 is 20.8 Å². The normalized spacial score (nSPS) is 24.6. The number of carbonyl (C=O) groups excluding carboxylic acids is 1. The summed E-state index contributed by atoms with van der Waals surface area (Å²) in [7, 11) is 0. The molecule has 2 aliphatic heterocycles. The van der Waals surface area contributed by atoms with Gasteiger partial charge in [0, 0.05) is 39.1 Å². The molecule has 0 radical (unpaired) electrons. The quantitative estimate of drug-likeness (QED) is 0.458. The van der Waals surface area contributed by atoms with E-state index in [1.807, 2.05) is 0 Å². The number of nitrogens with zero attached hydrogens (tertiary/aromatic N) is 1. The van der Waals surface area contributed by atoms with Gasteiger partial charge in [0.2, 0.25) is 5.91 Å². The number of hydrogen-bond donors (Lipinski definition) is 4. The fraction of sp³-hybridized carbons (Fsp3) is 0.824. The number of alkyl halides is 6. The van der Waals surface area contributed by atoms with Gasteiger partial charge in [-0.3, -0.25) is 9.69 Å². The zero-order valence-corrected chi connectivity index (χ0v) is 16.5. The molecule has 1 saturated carbocycles. The van der Waals surface area contributed by atoms with Crippen molar-refractivity contribution in [2.75, 3.05) is 32.7 Å². The summed E-state index contributed by atoms with van der Waals surface area (Å²) < 4.78 is 63.5. The molecule has 0 aromatic carbocycles. The number of piperidine rings is 1. The predicted octanol–water partition coefficient (Wildman–Crippen LogP) is 1.61. The second kappa shape index (κ2) is 11.0. The first kappa shape index (κ1) is 26.9. The average Bonchev–Trinajstić information content (AvgIpc) is 3.43. The monoisotopic (exact) mass is 465 g/mol. The summed E-state index contributed by atoms with van der Waals surface area (Å²) in [4.78, 5) is 32.0. The largest absolute Gasteiger partial charge is 0.490 e. The van der Waals surface area contributed by atoms with E-state index in [2.05, 4.69) is 15.5 Å². The van der Waals surface area contributed by atoms with Crippen molar-refractivity contribution in [2.45, 2.75) is 50.0 Å². The fourth-order valence-electron chi connectivity index (χ4n) is 3.21. The second-order valence-electron chi connectivity index (χ2n) is 7.64. The summed E-state index contributed by atoms with van der Waals surface area (Å²) in [6.07, 6.45) is -4.46. The number of carbonyl (C=O) groups is 3. The first-order chi connectivity index (χ1) is 14.1. The van der Waals surface area contributed by atoms with E-state index >= 15 is 0 Å². The van der Waals surface area contributed by atoms with Gasteiger partial charge in [-0.2, -0.15) is 26.3 Å². The molecule has 1 aliphatic carbocycles. The van der Waals surface area contributed by atoms with Crippen molar-refractivity contribution in [1.29, 1.82) is 0 Å². The van der Waals surface area contributed by atoms with Gasteiger partial charge >= 0.3 is 24.3 Å². The van der Waals surface area contributed by atoms with Crippen LogP contribution in [0.15, 0.2) is 0 Å². The number of carboxylic acid groups (broad SMARTS) is 2.